The van der Waals surface area contributed by atoms with Gasteiger partial charge in [0.05, 0.1) is 15.5 Å². The van der Waals surface area contributed by atoms with Crippen molar-refractivity contribution in [2.24, 2.45) is 0 Å². The van der Waals surface area contributed by atoms with E-state index in [1.165, 1.54) is 6.07 Å². The van der Waals surface area contributed by atoms with E-state index in [1.807, 2.05) is 0 Å². The molecular weight excluding hydrogens is 276 g/mol. The molecule has 92 valence electrons. The van der Waals surface area contributed by atoms with Crippen molar-refractivity contribution in [2.45, 2.75) is 6.23 Å². The minimum absolute atomic E-state index is 0.101. The smallest absolute Gasteiger partial charge is 0.324 e. The Kier molecular flexibility index (Phi) is 2.61. The summed E-state index contributed by atoms with van der Waals surface area (Å²) in [7, 11) is 0. The van der Waals surface area contributed by atoms with E-state index in [2.05, 4.69) is 5.32 Å². The van der Waals surface area contributed by atoms with Gasteiger partial charge in [0.2, 0.25) is 6.23 Å². The summed E-state index contributed by atoms with van der Waals surface area (Å²) in [6, 6.07) is 8.43. The van der Waals surface area contributed by atoms with Crippen LogP contribution in [0.5, 0.6) is 5.75 Å². The number of nitro groups is 1. The molecule has 1 aliphatic rings. The van der Waals surface area contributed by atoms with E-state index in [0.717, 1.165) is 21.9 Å². The summed E-state index contributed by atoms with van der Waals surface area (Å²) in [5, 5.41) is 14.5. The van der Waals surface area contributed by atoms with Crippen molar-refractivity contribution in [1.82, 2.24) is 0 Å². The number of hydrogen-bond acceptors (Lipinski definition) is 5. The Labute approximate surface area is 111 Å². The number of anilines is 1. The molecule has 0 aliphatic carbocycles. The molecule has 1 atom stereocenters. The molecule has 5 nitrogen and oxygen atoms in total. The van der Waals surface area contributed by atoms with E-state index in [4.69, 9.17) is 16.3 Å². The van der Waals surface area contributed by atoms with Gasteiger partial charge < -0.3 is 10.1 Å². The highest BCUT2D eigenvalue weighted by atomic mass is 35.5. The highest BCUT2D eigenvalue weighted by Gasteiger charge is 2.26. The Morgan fingerprint density at radius 1 is 1.39 bits per heavy atom. The van der Waals surface area contributed by atoms with E-state index < -0.39 is 11.2 Å². The van der Waals surface area contributed by atoms with E-state index in [0.29, 0.717) is 10.8 Å². The zero-order chi connectivity index (χ0) is 12.7. The van der Waals surface area contributed by atoms with Crippen LogP contribution < -0.4 is 10.1 Å². The fraction of sp³-hybridized carbons (Fsp3) is 0.0909. The van der Waals surface area contributed by atoms with Crippen LogP contribution >= 0.6 is 22.9 Å². The fourth-order valence-electron chi connectivity index (χ4n) is 1.73. The van der Waals surface area contributed by atoms with Crippen LogP contribution in [0, 0.1) is 10.1 Å². The first-order valence-electron chi connectivity index (χ1n) is 5.10. The van der Waals surface area contributed by atoms with Gasteiger partial charge in [-0.15, -0.1) is 0 Å². The highest BCUT2D eigenvalue weighted by Crippen LogP contribution is 2.41. The van der Waals surface area contributed by atoms with Crippen LogP contribution in [-0.2, 0) is 0 Å². The summed E-state index contributed by atoms with van der Waals surface area (Å²) in [6.07, 6.45) is -0.392. The molecule has 1 N–H and O–H groups in total. The maximum atomic E-state index is 10.6. The van der Waals surface area contributed by atoms with E-state index in [9.17, 15) is 10.1 Å². The maximum Gasteiger partial charge on any atom is 0.324 e. The second kappa shape index (κ2) is 4.15. The van der Waals surface area contributed by atoms with Crippen LogP contribution in [0.3, 0.4) is 0 Å². The minimum atomic E-state index is -0.410. The number of ether oxygens (including phenoxy) is 1. The van der Waals surface area contributed by atoms with Gasteiger partial charge in [-0.1, -0.05) is 22.9 Å². The Morgan fingerprint density at radius 3 is 2.94 bits per heavy atom. The molecule has 0 radical (unpaired) electrons. The number of hydrogen-bond donors (Lipinski definition) is 1. The second-order valence-corrected chi connectivity index (χ2v) is 5.25. The zero-order valence-electron chi connectivity index (χ0n) is 8.92. The largest absolute Gasteiger partial charge is 0.463 e. The van der Waals surface area contributed by atoms with Gasteiger partial charge in [-0.25, -0.2) is 0 Å². The normalized spacial score (nSPS) is 16.8. The summed E-state index contributed by atoms with van der Waals surface area (Å²) in [4.78, 5) is 11.0. The maximum absolute atomic E-state index is 10.6. The van der Waals surface area contributed by atoms with Gasteiger partial charge in [-0.3, -0.25) is 10.1 Å². The standard InChI is InChI=1S/C11H7ClN2O3S/c12-6-1-2-8-7(5-6)13-11(17-8)9-3-4-10(18-9)14(15)16/h1-5,11,13H/t11-/m1/s1. The molecular formula is C11H7ClN2O3S. The van der Waals surface area contributed by atoms with Gasteiger partial charge in [0.1, 0.15) is 5.75 Å². The van der Waals surface area contributed by atoms with Crippen LogP contribution in [0.1, 0.15) is 11.1 Å². The molecule has 3 rings (SSSR count). The van der Waals surface area contributed by atoms with Crippen molar-refractivity contribution in [3.05, 3.63) is 50.3 Å². The SMILES string of the molecule is O=[N+]([O-])c1ccc([C@@H]2Nc3cc(Cl)ccc3O2)s1. The molecule has 0 spiro atoms. The van der Waals surface area contributed by atoms with Crippen LogP contribution in [0.25, 0.3) is 0 Å². The number of benzene rings is 1. The predicted octanol–water partition coefficient (Wildman–Crippen LogP) is 3.81. The number of nitrogens with one attached hydrogen (secondary N) is 1. The molecule has 0 bridgehead atoms. The third kappa shape index (κ3) is 1.89. The van der Waals surface area contributed by atoms with Gasteiger partial charge in [-0.05, 0) is 24.3 Å². The quantitative estimate of drug-likeness (QED) is 0.672. The Balaban J connectivity index is 1.86. The molecule has 1 aromatic heterocycles. The Morgan fingerprint density at radius 2 is 2.22 bits per heavy atom. The van der Waals surface area contributed by atoms with Crippen LogP contribution in [-0.4, -0.2) is 4.92 Å². The summed E-state index contributed by atoms with van der Waals surface area (Å²) in [5.74, 6) is 0.695. The van der Waals surface area contributed by atoms with Crippen molar-refractivity contribution in [2.75, 3.05) is 5.32 Å². The Bertz CT molecular complexity index is 629. The molecule has 0 unspecified atom stereocenters. The molecule has 0 amide bonds. The molecule has 1 aliphatic heterocycles. The molecule has 7 heteroatoms. The summed E-state index contributed by atoms with van der Waals surface area (Å²) >= 11 is 6.97. The molecule has 1 aromatic carbocycles. The van der Waals surface area contributed by atoms with Crippen LogP contribution in [0.2, 0.25) is 5.02 Å². The minimum Gasteiger partial charge on any atom is -0.463 e. The Hall–Kier alpha value is -1.79. The van der Waals surface area contributed by atoms with Gasteiger partial charge in [0.25, 0.3) is 0 Å². The van der Waals surface area contributed by atoms with Gasteiger partial charge in [0.15, 0.2) is 0 Å². The first kappa shape index (κ1) is 11.3. The predicted molar refractivity (Wildman–Crippen MR) is 69.4 cm³/mol. The lowest BCUT2D eigenvalue weighted by Gasteiger charge is -2.07. The highest BCUT2D eigenvalue weighted by molar-refractivity contribution is 7.15. The lowest BCUT2D eigenvalue weighted by molar-refractivity contribution is -0.380. The average Bonchev–Trinajstić information content (AvgIpc) is 2.93. The number of nitrogens with zero attached hydrogens (tertiary/aromatic N) is 1. The lowest BCUT2D eigenvalue weighted by atomic mass is 10.3. The third-order valence-corrected chi connectivity index (χ3v) is 3.84. The third-order valence-electron chi connectivity index (χ3n) is 2.52. The van der Waals surface area contributed by atoms with Crippen molar-refractivity contribution in [3.63, 3.8) is 0 Å². The number of fused-ring (bicyclic) bond motifs is 1. The van der Waals surface area contributed by atoms with Gasteiger partial charge in [0, 0.05) is 11.1 Å². The molecule has 2 aromatic rings. The van der Waals surface area contributed by atoms with Gasteiger partial charge >= 0.3 is 5.00 Å². The van der Waals surface area contributed by atoms with Crippen molar-refractivity contribution >= 4 is 33.6 Å². The van der Waals surface area contributed by atoms with E-state index >= 15 is 0 Å². The fourth-order valence-corrected chi connectivity index (χ4v) is 2.70. The molecule has 18 heavy (non-hydrogen) atoms. The lowest BCUT2D eigenvalue weighted by Crippen LogP contribution is -2.07. The van der Waals surface area contributed by atoms with E-state index in [1.54, 1.807) is 24.3 Å². The molecule has 2 heterocycles. The molecule has 0 saturated heterocycles. The molecule has 0 saturated carbocycles. The van der Waals surface area contributed by atoms with Crippen molar-refractivity contribution < 1.29 is 9.66 Å². The summed E-state index contributed by atoms with van der Waals surface area (Å²) in [6.45, 7) is 0. The van der Waals surface area contributed by atoms with Gasteiger partial charge in [-0.2, -0.15) is 0 Å². The summed E-state index contributed by atoms with van der Waals surface area (Å²) in [5.41, 5.74) is 0.795. The number of rotatable bonds is 2. The summed E-state index contributed by atoms with van der Waals surface area (Å²) < 4.78 is 5.66. The van der Waals surface area contributed by atoms with Crippen LogP contribution in [0.15, 0.2) is 30.3 Å². The monoisotopic (exact) mass is 282 g/mol. The van der Waals surface area contributed by atoms with E-state index in [-0.39, 0.29) is 5.00 Å². The first-order chi connectivity index (χ1) is 8.63. The number of thiophene rings is 1. The molecule has 0 fully saturated rings. The van der Waals surface area contributed by atoms with Crippen molar-refractivity contribution in [3.8, 4) is 5.75 Å². The average molecular weight is 283 g/mol. The zero-order valence-corrected chi connectivity index (χ0v) is 10.5. The van der Waals surface area contributed by atoms with Crippen molar-refractivity contribution in [1.29, 1.82) is 0 Å². The number of halogens is 1. The second-order valence-electron chi connectivity index (χ2n) is 3.72. The first-order valence-corrected chi connectivity index (χ1v) is 6.30. The topological polar surface area (TPSA) is 64.4 Å². The van der Waals surface area contributed by atoms with Crippen LogP contribution in [0.4, 0.5) is 10.7 Å².